The molecule has 2 atom stereocenters. The summed E-state index contributed by atoms with van der Waals surface area (Å²) in [5.74, 6) is 0.227. The number of nitrogens with zero attached hydrogens (tertiary/aromatic N) is 4. The highest BCUT2D eigenvalue weighted by Crippen LogP contribution is 2.29. The van der Waals surface area contributed by atoms with Crippen molar-refractivity contribution in [2.45, 2.75) is 19.4 Å². The average molecular weight is 364 g/mol. The molecule has 1 aliphatic heterocycles. The topological polar surface area (TPSA) is 92.4 Å². The number of amides is 1. The van der Waals surface area contributed by atoms with Gasteiger partial charge in [-0.15, -0.1) is 0 Å². The van der Waals surface area contributed by atoms with Crippen LogP contribution >= 0.6 is 0 Å². The lowest BCUT2D eigenvalue weighted by molar-refractivity contribution is 0.0763. The van der Waals surface area contributed by atoms with E-state index < -0.39 is 6.10 Å². The van der Waals surface area contributed by atoms with Gasteiger partial charge < -0.3 is 14.5 Å². The Morgan fingerprint density at radius 1 is 1.26 bits per heavy atom. The Hall–Kier alpha value is -3.06. The van der Waals surface area contributed by atoms with Gasteiger partial charge in [-0.2, -0.15) is 0 Å². The quantitative estimate of drug-likeness (QED) is 0.762. The number of hydrogen-bond donors (Lipinski definition) is 1. The fraction of sp³-hybridized carbons (Fsp3) is 0.300. The number of benzene rings is 1. The summed E-state index contributed by atoms with van der Waals surface area (Å²) in [6.07, 6.45) is 4.91. The van der Waals surface area contributed by atoms with Crippen LogP contribution in [0, 0.1) is 12.8 Å². The number of likely N-dealkylation sites (tertiary alicyclic amines) is 1. The van der Waals surface area contributed by atoms with Crippen LogP contribution in [0.3, 0.4) is 0 Å². The SMILES string of the molecule is Cc1onc(-c2ccccc2)c1C(=O)N1C[C@@H](Cc2cnccn2)[C@H](O)C1. The lowest BCUT2D eigenvalue weighted by Crippen LogP contribution is -2.30. The molecule has 0 spiro atoms. The molecule has 1 fully saturated rings. The minimum Gasteiger partial charge on any atom is -0.391 e. The molecule has 1 saturated heterocycles. The first kappa shape index (κ1) is 17.4. The summed E-state index contributed by atoms with van der Waals surface area (Å²) in [5.41, 5.74) is 2.62. The van der Waals surface area contributed by atoms with E-state index in [1.165, 1.54) is 0 Å². The molecule has 3 heterocycles. The standard InChI is InChI=1S/C20H20N4O3/c1-13-18(19(23-27-13)14-5-3-2-4-6-14)20(26)24-11-15(17(25)12-24)9-16-10-21-7-8-22-16/h2-8,10,15,17,25H,9,11-12H2,1H3/t15-,17-/m1/s1. The molecule has 0 unspecified atom stereocenters. The third kappa shape index (κ3) is 3.46. The Kier molecular flexibility index (Phi) is 4.68. The Morgan fingerprint density at radius 2 is 2.07 bits per heavy atom. The number of aliphatic hydroxyl groups is 1. The van der Waals surface area contributed by atoms with Crippen molar-refractivity contribution in [2.24, 2.45) is 5.92 Å². The van der Waals surface area contributed by atoms with Crippen LogP contribution in [0.1, 0.15) is 21.8 Å². The van der Waals surface area contributed by atoms with Gasteiger partial charge in [0.05, 0.1) is 11.8 Å². The molecular formula is C20H20N4O3. The minimum absolute atomic E-state index is 0.0778. The van der Waals surface area contributed by atoms with Crippen LogP contribution in [0.5, 0.6) is 0 Å². The van der Waals surface area contributed by atoms with Gasteiger partial charge in [-0.3, -0.25) is 14.8 Å². The Bertz CT molecular complexity index is 927. The number of aromatic nitrogens is 3. The van der Waals surface area contributed by atoms with E-state index >= 15 is 0 Å². The van der Waals surface area contributed by atoms with E-state index in [0.29, 0.717) is 30.0 Å². The van der Waals surface area contributed by atoms with E-state index in [0.717, 1.165) is 11.3 Å². The highest BCUT2D eigenvalue weighted by molar-refractivity contribution is 6.01. The zero-order valence-corrected chi connectivity index (χ0v) is 14.9. The summed E-state index contributed by atoms with van der Waals surface area (Å²) in [7, 11) is 0. The number of rotatable bonds is 4. The zero-order chi connectivity index (χ0) is 18.8. The van der Waals surface area contributed by atoms with Crippen molar-refractivity contribution < 1.29 is 14.4 Å². The minimum atomic E-state index is -0.601. The molecule has 1 aliphatic rings. The summed E-state index contributed by atoms with van der Waals surface area (Å²) in [6, 6.07) is 9.48. The van der Waals surface area contributed by atoms with Crippen molar-refractivity contribution in [3.63, 3.8) is 0 Å². The van der Waals surface area contributed by atoms with E-state index in [1.54, 1.807) is 30.4 Å². The van der Waals surface area contributed by atoms with E-state index in [2.05, 4.69) is 15.1 Å². The van der Waals surface area contributed by atoms with Crippen LogP contribution in [0.15, 0.2) is 53.4 Å². The smallest absolute Gasteiger partial charge is 0.259 e. The van der Waals surface area contributed by atoms with Gasteiger partial charge in [-0.25, -0.2) is 0 Å². The number of carbonyl (C=O) groups is 1. The zero-order valence-electron chi connectivity index (χ0n) is 14.9. The van der Waals surface area contributed by atoms with E-state index in [4.69, 9.17) is 4.52 Å². The van der Waals surface area contributed by atoms with Crippen molar-refractivity contribution >= 4 is 5.91 Å². The first-order valence-corrected chi connectivity index (χ1v) is 8.87. The first-order valence-electron chi connectivity index (χ1n) is 8.87. The number of carbonyl (C=O) groups excluding carboxylic acids is 1. The molecule has 1 amide bonds. The molecule has 7 heteroatoms. The molecule has 0 bridgehead atoms. The van der Waals surface area contributed by atoms with Crippen molar-refractivity contribution in [3.05, 3.63) is 65.9 Å². The second-order valence-electron chi connectivity index (χ2n) is 6.77. The average Bonchev–Trinajstić information content (AvgIpc) is 3.26. The number of β-amino-alcohol motifs (C(OH)–C–C–N with tert-alkyl or cyclic N) is 1. The lowest BCUT2D eigenvalue weighted by Gasteiger charge is -2.16. The van der Waals surface area contributed by atoms with Crippen molar-refractivity contribution in [3.8, 4) is 11.3 Å². The van der Waals surface area contributed by atoms with Crippen LogP contribution < -0.4 is 0 Å². The molecule has 7 nitrogen and oxygen atoms in total. The molecule has 0 saturated carbocycles. The van der Waals surface area contributed by atoms with E-state index in [9.17, 15) is 9.90 Å². The summed E-state index contributed by atoms with van der Waals surface area (Å²) >= 11 is 0. The van der Waals surface area contributed by atoms with Gasteiger partial charge >= 0.3 is 0 Å². The monoisotopic (exact) mass is 364 g/mol. The normalized spacial score (nSPS) is 19.4. The van der Waals surface area contributed by atoms with Crippen LogP contribution in [0.2, 0.25) is 0 Å². The van der Waals surface area contributed by atoms with Crippen molar-refractivity contribution in [2.75, 3.05) is 13.1 Å². The van der Waals surface area contributed by atoms with Gasteiger partial charge in [-0.1, -0.05) is 35.5 Å². The fourth-order valence-corrected chi connectivity index (χ4v) is 3.50. The summed E-state index contributed by atoms with van der Waals surface area (Å²) < 4.78 is 5.30. The third-order valence-electron chi connectivity index (χ3n) is 4.91. The largest absolute Gasteiger partial charge is 0.391 e. The van der Waals surface area contributed by atoms with E-state index in [-0.39, 0.29) is 18.4 Å². The number of aryl methyl sites for hydroxylation is 1. The summed E-state index contributed by atoms with van der Waals surface area (Å²) in [6.45, 7) is 2.47. The number of aliphatic hydroxyl groups excluding tert-OH is 1. The summed E-state index contributed by atoms with van der Waals surface area (Å²) in [5, 5.41) is 14.5. The second-order valence-corrected chi connectivity index (χ2v) is 6.77. The molecule has 1 N–H and O–H groups in total. The Morgan fingerprint density at radius 3 is 2.81 bits per heavy atom. The van der Waals surface area contributed by atoms with Crippen LogP contribution in [-0.4, -0.2) is 50.2 Å². The van der Waals surface area contributed by atoms with Crippen molar-refractivity contribution in [1.29, 1.82) is 0 Å². The highest BCUT2D eigenvalue weighted by Gasteiger charge is 2.37. The molecule has 138 valence electrons. The van der Waals surface area contributed by atoms with Crippen molar-refractivity contribution in [1.82, 2.24) is 20.0 Å². The van der Waals surface area contributed by atoms with Crippen LogP contribution in [0.4, 0.5) is 0 Å². The lowest BCUT2D eigenvalue weighted by atomic mass is 10.0. The van der Waals surface area contributed by atoms with Gasteiger partial charge in [0.25, 0.3) is 5.91 Å². The maximum absolute atomic E-state index is 13.2. The molecular weight excluding hydrogens is 344 g/mol. The molecule has 3 aromatic rings. The molecule has 4 rings (SSSR count). The van der Waals surface area contributed by atoms with Gasteiger partial charge in [0.1, 0.15) is 17.0 Å². The molecule has 0 aliphatic carbocycles. The Balaban J connectivity index is 1.55. The van der Waals surface area contributed by atoms with Gasteiger partial charge in [0, 0.05) is 43.2 Å². The van der Waals surface area contributed by atoms with E-state index in [1.807, 2.05) is 30.3 Å². The van der Waals surface area contributed by atoms with Gasteiger partial charge in [0.15, 0.2) is 0 Å². The predicted molar refractivity (Wildman–Crippen MR) is 97.8 cm³/mol. The maximum atomic E-state index is 13.2. The van der Waals surface area contributed by atoms with Gasteiger partial charge in [0.2, 0.25) is 0 Å². The molecule has 1 aromatic carbocycles. The second kappa shape index (κ2) is 7.28. The third-order valence-corrected chi connectivity index (χ3v) is 4.91. The maximum Gasteiger partial charge on any atom is 0.259 e. The predicted octanol–water partition coefficient (Wildman–Crippen LogP) is 2.12. The van der Waals surface area contributed by atoms with Gasteiger partial charge in [-0.05, 0) is 13.3 Å². The highest BCUT2D eigenvalue weighted by atomic mass is 16.5. The molecule has 0 radical (unpaired) electrons. The van der Waals surface area contributed by atoms with Crippen LogP contribution in [0.25, 0.3) is 11.3 Å². The molecule has 27 heavy (non-hydrogen) atoms. The fourth-order valence-electron chi connectivity index (χ4n) is 3.50. The summed E-state index contributed by atoms with van der Waals surface area (Å²) in [4.78, 5) is 23.1. The number of hydrogen-bond acceptors (Lipinski definition) is 6. The Labute approximate surface area is 156 Å². The first-order chi connectivity index (χ1) is 13.1. The van der Waals surface area contributed by atoms with Crippen LogP contribution in [-0.2, 0) is 6.42 Å². The molecule has 2 aromatic heterocycles.